The van der Waals surface area contributed by atoms with Gasteiger partial charge in [0, 0.05) is 26.1 Å². The van der Waals surface area contributed by atoms with E-state index < -0.39 is 10.0 Å². The van der Waals surface area contributed by atoms with E-state index in [1.165, 1.54) is 30.0 Å². The third kappa shape index (κ3) is 4.23. The summed E-state index contributed by atoms with van der Waals surface area (Å²) in [6.45, 7) is 2.16. The third-order valence-electron chi connectivity index (χ3n) is 5.36. The van der Waals surface area contributed by atoms with Gasteiger partial charge < -0.3 is 9.26 Å². The predicted octanol–water partition coefficient (Wildman–Crippen LogP) is 2.61. The largest absolute Gasteiger partial charge is 0.381 e. The Hall–Kier alpha value is -1.77. The Bertz CT molecular complexity index is 841. The molecule has 4 rings (SSSR count). The monoisotopic (exact) mass is 391 g/mol. The van der Waals surface area contributed by atoms with Gasteiger partial charge in [-0.15, -0.1) is 0 Å². The Morgan fingerprint density at radius 2 is 1.89 bits per heavy atom. The van der Waals surface area contributed by atoms with Crippen LogP contribution < -0.4 is 0 Å². The number of benzene rings is 1. The number of hydrogen-bond acceptors (Lipinski definition) is 6. The van der Waals surface area contributed by atoms with Gasteiger partial charge in [0.25, 0.3) is 0 Å². The van der Waals surface area contributed by atoms with Gasteiger partial charge in [-0.2, -0.15) is 9.29 Å². The van der Waals surface area contributed by atoms with Gasteiger partial charge in [0.2, 0.25) is 15.9 Å². The van der Waals surface area contributed by atoms with Gasteiger partial charge in [0.15, 0.2) is 5.82 Å². The molecule has 1 aliphatic carbocycles. The van der Waals surface area contributed by atoms with Gasteiger partial charge in [0.1, 0.15) is 0 Å². The van der Waals surface area contributed by atoms with Crippen molar-refractivity contribution in [2.75, 3.05) is 26.3 Å². The van der Waals surface area contributed by atoms with Crippen molar-refractivity contribution in [2.45, 2.75) is 42.9 Å². The van der Waals surface area contributed by atoms with Gasteiger partial charge >= 0.3 is 0 Å². The first kappa shape index (κ1) is 18.6. The summed E-state index contributed by atoms with van der Waals surface area (Å²) in [6, 6.07) is 8.47. The Kier molecular flexibility index (Phi) is 5.56. The number of ether oxygens (including phenoxy) is 1. The molecule has 8 heteroatoms. The predicted molar refractivity (Wildman–Crippen MR) is 98.7 cm³/mol. The van der Waals surface area contributed by atoms with Gasteiger partial charge in [-0.25, -0.2) is 8.42 Å². The van der Waals surface area contributed by atoms with Crippen LogP contribution in [-0.2, 0) is 21.2 Å². The van der Waals surface area contributed by atoms with E-state index >= 15 is 0 Å². The summed E-state index contributed by atoms with van der Waals surface area (Å²) in [5.41, 5.74) is 0. The summed E-state index contributed by atoms with van der Waals surface area (Å²) in [7, 11) is -3.44. The highest BCUT2D eigenvalue weighted by Crippen LogP contribution is 2.31. The van der Waals surface area contributed by atoms with Crippen molar-refractivity contribution < 1.29 is 17.7 Å². The van der Waals surface area contributed by atoms with Gasteiger partial charge in [-0.1, -0.05) is 36.2 Å². The highest BCUT2D eigenvalue weighted by Gasteiger charge is 2.40. The standard InChI is InChI=1S/C19H25N3O4S/c23-27(24,17-8-2-1-3-9-17)22-12-16(13-22)19-20-18(21-26-19)10-11-25-14-15-6-4-5-7-15/h1-3,8-9,15-16H,4-7,10-14H2. The minimum Gasteiger partial charge on any atom is -0.381 e. The average molecular weight is 391 g/mol. The van der Waals surface area contributed by atoms with Crippen LogP contribution in [0.5, 0.6) is 0 Å². The fourth-order valence-corrected chi connectivity index (χ4v) is 5.21. The molecule has 1 aromatic heterocycles. The Morgan fingerprint density at radius 3 is 2.63 bits per heavy atom. The van der Waals surface area contributed by atoms with E-state index in [9.17, 15) is 8.42 Å². The fourth-order valence-electron chi connectivity index (χ4n) is 3.66. The van der Waals surface area contributed by atoms with Crippen LogP contribution in [0.3, 0.4) is 0 Å². The van der Waals surface area contributed by atoms with Crippen LogP contribution >= 0.6 is 0 Å². The number of aromatic nitrogens is 2. The molecule has 0 atom stereocenters. The highest BCUT2D eigenvalue weighted by molar-refractivity contribution is 7.89. The second kappa shape index (κ2) is 8.08. The van der Waals surface area contributed by atoms with E-state index in [-0.39, 0.29) is 5.92 Å². The van der Waals surface area contributed by atoms with Gasteiger partial charge in [0.05, 0.1) is 17.4 Å². The number of sulfonamides is 1. The number of rotatable bonds is 8. The normalized spacial score (nSPS) is 19.4. The molecule has 1 saturated carbocycles. The highest BCUT2D eigenvalue weighted by atomic mass is 32.2. The lowest BCUT2D eigenvalue weighted by molar-refractivity contribution is 0.102. The van der Waals surface area contributed by atoms with Crippen molar-refractivity contribution in [3.63, 3.8) is 0 Å². The molecule has 2 aliphatic rings. The molecule has 0 amide bonds. The summed E-state index contributed by atoms with van der Waals surface area (Å²) in [5, 5.41) is 4.00. The maximum absolute atomic E-state index is 12.5. The average Bonchev–Trinajstić information content (AvgIpc) is 3.30. The van der Waals surface area contributed by atoms with Crippen molar-refractivity contribution in [3.05, 3.63) is 42.0 Å². The molecule has 7 nitrogen and oxygen atoms in total. The quantitative estimate of drug-likeness (QED) is 0.643. The summed E-state index contributed by atoms with van der Waals surface area (Å²) in [4.78, 5) is 4.73. The Balaban J connectivity index is 1.24. The zero-order valence-corrected chi connectivity index (χ0v) is 16.1. The van der Waals surface area contributed by atoms with E-state index in [0.29, 0.717) is 48.6 Å². The van der Waals surface area contributed by atoms with Crippen LogP contribution in [0.15, 0.2) is 39.8 Å². The minimum atomic E-state index is -3.44. The van der Waals surface area contributed by atoms with Crippen molar-refractivity contribution in [1.82, 2.24) is 14.4 Å². The van der Waals surface area contributed by atoms with Crippen LogP contribution in [0.25, 0.3) is 0 Å². The smallest absolute Gasteiger partial charge is 0.243 e. The molecule has 27 heavy (non-hydrogen) atoms. The zero-order valence-electron chi connectivity index (χ0n) is 15.3. The lowest BCUT2D eigenvalue weighted by Crippen LogP contribution is -2.48. The molecule has 0 bridgehead atoms. The topological polar surface area (TPSA) is 85.5 Å². The Morgan fingerprint density at radius 1 is 1.15 bits per heavy atom. The maximum atomic E-state index is 12.5. The summed E-state index contributed by atoms with van der Waals surface area (Å²) in [5.74, 6) is 1.81. The lowest BCUT2D eigenvalue weighted by atomic mass is 10.0. The molecular formula is C19H25N3O4S. The SMILES string of the molecule is O=S(=O)(c1ccccc1)N1CC(c2nc(CCOCC3CCCC3)no2)C1. The van der Waals surface area contributed by atoms with Crippen molar-refractivity contribution in [3.8, 4) is 0 Å². The van der Waals surface area contributed by atoms with Crippen LogP contribution in [0, 0.1) is 5.92 Å². The van der Waals surface area contributed by atoms with E-state index in [1.54, 1.807) is 30.3 Å². The molecular weight excluding hydrogens is 366 g/mol. The van der Waals surface area contributed by atoms with Crippen molar-refractivity contribution >= 4 is 10.0 Å². The van der Waals surface area contributed by atoms with Crippen molar-refractivity contribution in [2.24, 2.45) is 5.92 Å². The van der Waals surface area contributed by atoms with Crippen LogP contribution in [0.1, 0.15) is 43.3 Å². The molecule has 2 aromatic rings. The molecule has 2 fully saturated rings. The minimum absolute atomic E-state index is 0.0378. The van der Waals surface area contributed by atoms with Gasteiger partial charge in [-0.3, -0.25) is 0 Å². The van der Waals surface area contributed by atoms with Crippen LogP contribution in [-0.4, -0.2) is 49.2 Å². The molecule has 146 valence electrons. The van der Waals surface area contributed by atoms with E-state index in [1.807, 2.05) is 0 Å². The molecule has 0 unspecified atom stereocenters. The number of nitrogens with zero attached hydrogens (tertiary/aromatic N) is 3. The first-order valence-corrected chi connectivity index (χ1v) is 11.0. The van der Waals surface area contributed by atoms with Crippen LogP contribution in [0.2, 0.25) is 0 Å². The molecule has 0 radical (unpaired) electrons. The molecule has 2 heterocycles. The van der Waals surface area contributed by atoms with Crippen molar-refractivity contribution in [1.29, 1.82) is 0 Å². The van der Waals surface area contributed by atoms with E-state index in [0.717, 1.165) is 6.61 Å². The summed E-state index contributed by atoms with van der Waals surface area (Å²) < 4.78 is 37.6. The third-order valence-corrected chi connectivity index (χ3v) is 7.21. The second-order valence-corrected chi connectivity index (χ2v) is 9.29. The Labute approximate surface area is 159 Å². The van der Waals surface area contributed by atoms with Crippen LogP contribution in [0.4, 0.5) is 0 Å². The fraction of sp³-hybridized carbons (Fsp3) is 0.579. The molecule has 1 aliphatic heterocycles. The summed E-state index contributed by atoms with van der Waals surface area (Å²) in [6.07, 6.45) is 5.81. The molecule has 0 N–H and O–H groups in total. The zero-order chi connectivity index (χ0) is 18.7. The maximum Gasteiger partial charge on any atom is 0.243 e. The molecule has 1 aromatic carbocycles. The second-order valence-electron chi connectivity index (χ2n) is 7.36. The lowest BCUT2D eigenvalue weighted by Gasteiger charge is -2.35. The molecule has 1 saturated heterocycles. The first-order valence-electron chi connectivity index (χ1n) is 9.58. The van der Waals surface area contributed by atoms with E-state index in [4.69, 9.17) is 9.26 Å². The molecule has 0 spiro atoms. The van der Waals surface area contributed by atoms with E-state index in [2.05, 4.69) is 10.1 Å². The van der Waals surface area contributed by atoms with Gasteiger partial charge in [-0.05, 0) is 30.9 Å². The summed E-state index contributed by atoms with van der Waals surface area (Å²) >= 11 is 0. The number of hydrogen-bond donors (Lipinski definition) is 0. The first-order chi connectivity index (χ1) is 13.1.